The Morgan fingerprint density at radius 2 is 2.20 bits per heavy atom. The van der Waals surface area contributed by atoms with Crippen molar-refractivity contribution in [1.29, 1.82) is 0 Å². The second-order valence-corrected chi connectivity index (χ2v) is 4.36. The van der Waals surface area contributed by atoms with Gasteiger partial charge in [-0.1, -0.05) is 11.6 Å². The Kier molecular flexibility index (Phi) is 2.63. The van der Waals surface area contributed by atoms with Gasteiger partial charge in [0.25, 0.3) is 0 Å². The normalized spacial score (nSPS) is 10.6. The highest BCUT2D eigenvalue weighted by Crippen LogP contribution is 2.34. The molecule has 2 rings (SSSR count). The Hall–Kier alpha value is -1.13. The van der Waals surface area contributed by atoms with Crippen LogP contribution in [0.2, 0.25) is 5.02 Å². The average molecular weight is 243 g/mol. The minimum absolute atomic E-state index is 0.238. The molecule has 2 aromatic rings. The van der Waals surface area contributed by atoms with Gasteiger partial charge in [-0.05, 0) is 42.2 Å². The molecule has 0 aliphatic carbocycles. The lowest BCUT2D eigenvalue weighted by Gasteiger charge is -2.00. The molecule has 5 heteroatoms. The fourth-order valence-corrected chi connectivity index (χ4v) is 2.13. The molecule has 0 aliphatic rings. The second kappa shape index (κ2) is 3.79. The van der Waals surface area contributed by atoms with Crippen LogP contribution < -0.4 is 5.73 Å². The van der Waals surface area contributed by atoms with Crippen LogP contribution in [0.1, 0.15) is 5.56 Å². The first-order chi connectivity index (χ1) is 7.09. The zero-order chi connectivity index (χ0) is 11.0. The van der Waals surface area contributed by atoms with Gasteiger partial charge in [0.2, 0.25) is 0 Å². The number of benzene rings is 1. The van der Waals surface area contributed by atoms with Crippen molar-refractivity contribution >= 4 is 28.1 Å². The van der Waals surface area contributed by atoms with Crippen molar-refractivity contribution in [3.05, 3.63) is 34.6 Å². The van der Waals surface area contributed by atoms with Crippen molar-refractivity contribution in [3.63, 3.8) is 0 Å². The summed E-state index contributed by atoms with van der Waals surface area (Å²) in [4.78, 5) is 0. The van der Waals surface area contributed by atoms with Gasteiger partial charge in [0.15, 0.2) is 0 Å². The number of nitrogens with two attached hydrogens (primary N) is 1. The Morgan fingerprint density at radius 3 is 2.73 bits per heavy atom. The summed E-state index contributed by atoms with van der Waals surface area (Å²) < 4.78 is 17.2. The average Bonchev–Trinajstić information content (AvgIpc) is 2.53. The van der Waals surface area contributed by atoms with Crippen molar-refractivity contribution < 1.29 is 4.39 Å². The first kappa shape index (κ1) is 10.4. The number of nitrogen functional groups attached to an aromatic ring is 1. The molecule has 0 amide bonds. The fourth-order valence-electron chi connectivity index (χ4n) is 1.26. The van der Waals surface area contributed by atoms with Crippen LogP contribution in [0, 0.1) is 12.7 Å². The standard InChI is InChI=1S/C10H8ClFN2S/c1-5-4-6(2-3-7(5)12)9-8(11)10(13)15-14-9/h2-4H,13H2,1H3. The number of anilines is 1. The molecule has 0 aliphatic heterocycles. The van der Waals surface area contributed by atoms with Gasteiger partial charge in [0.1, 0.15) is 21.5 Å². The topological polar surface area (TPSA) is 38.9 Å². The van der Waals surface area contributed by atoms with Gasteiger partial charge in [0, 0.05) is 5.56 Å². The molecule has 1 aromatic heterocycles. The molecule has 0 saturated heterocycles. The van der Waals surface area contributed by atoms with Crippen molar-refractivity contribution in [2.24, 2.45) is 0 Å². The summed E-state index contributed by atoms with van der Waals surface area (Å²) >= 11 is 7.10. The largest absolute Gasteiger partial charge is 0.388 e. The minimum Gasteiger partial charge on any atom is -0.388 e. The molecule has 0 bridgehead atoms. The lowest BCUT2D eigenvalue weighted by molar-refractivity contribution is 0.619. The third-order valence-corrected chi connectivity index (χ3v) is 3.26. The SMILES string of the molecule is Cc1cc(-c2nsc(N)c2Cl)ccc1F. The number of halogens is 2. The van der Waals surface area contributed by atoms with Gasteiger partial charge in [-0.2, -0.15) is 4.37 Å². The zero-order valence-electron chi connectivity index (χ0n) is 7.92. The Bertz CT molecular complexity index is 510. The van der Waals surface area contributed by atoms with Gasteiger partial charge in [-0.25, -0.2) is 4.39 Å². The maximum Gasteiger partial charge on any atom is 0.126 e. The number of rotatable bonds is 1. The fraction of sp³-hybridized carbons (Fsp3) is 0.100. The zero-order valence-corrected chi connectivity index (χ0v) is 9.49. The van der Waals surface area contributed by atoms with E-state index in [0.717, 1.165) is 17.1 Å². The number of aryl methyl sites for hydroxylation is 1. The van der Waals surface area contributed by atoms with Crippen LogP contribution in [-0.2, 0) is 0 Å². The van der Waals surface area contributed by atoms with Gasteiger partial charge in [-0.3, -0.25) is 0 Å². The first-order valence-electron chi connectivity index (χ1n) is 4.26. The van der Waals surface area contributed by atoms with Crippen LogP contribution in [0.4, 0.5) is 9.39 Å². The molecule has 2 nitrogen and oxygen atoms in total. The summed E-state index contributed by atoms with van der Waals surface area (Å²) in [6.07, 6.45) is 0. The molecular weight excluding hydrogens is 235 g/mol. The summed E-state index contributed by atoms with van der Waals surface area (Å²) in [5, 5.41) is 0.916. The number of hydrogen-bond donors (Lipinski definition) is 1. The Morgan fingerprint density at radius 1 is 1.47 bits per heavy atom. The highest BCUT2D eigenvalue weighted by molar-refractivity contribution is 7.11. The molecule has 0 unspecified atom stereocenters. The number of nitrogens with zero attached hydrogens (tertiary/aromatic N) is 1. The molecule has 0 fully saturated rings. The number of hydrogen-bond acceptors (Lipinski definition) is 3. The third-order valence-electron chi connectivity index (χ3n) is 2.09. The van der Waals surface area contributed by atoms with E-state index in [1.807, 2.05) is 0 Å². The molecule has 78 valence electrons. The highest BCUT2D eigenvalue weighted by Gasteiger charge is 2.11. The van der Waals surface area contributed by atoms with Crippen LogP contribution in [0.25, 0.3) is 11.3 Å². The van der Waals surface area contributed by atoms with E-state index in [-0.39, 0.29) is 5.82 Å². The monoisotopic (exact) mass is 242 g/mol. The van der Waals surface area contributed by atoms with Crippen LogP contribution in [0.5, 0.6) is 0 Å². The quantitative estimate of drug-likeness (QED) is 0.831. The minimum atomic E-state index is -0.238. The summed E-state index contributed by atoms with van der Waals surface area (Å²) in [5.41, 5.74) is 7.56. The molecule has 1 heterocycles. The van der Waals surface area contributed by atoms with Crippen molar-refractivity contribution in [2.75, 3.05) is 5.73 Å². The van der Waals surface area contributed by atoms with E-state index in [0.29, 0.717) is 21.3 Å². The summed E-state index contributed by atoms with van der Waals surface area (Å²) in [7, 11) is 0. The summed E-state index contributed by atoms with van der Waals surface area (Å²) in [5.74, 6) is -0.238. The van der Waals surface area contributed by atoms with Gasteiger partial charge < -0.3 is 5.73 Å². The third kappa shape index (κ3) is 1.82. The molecule has 0 saturated carbocycles. The lowest BCUT2D eigenvalue weighted by Crippen LogP contribution is -1.85. The van der Waals surface area contributed by atoms with E-state index in [1.54, 1.807) is 19.1 Å². The molecule has 0 atom stereocenters. The van der Waals surface area contributed by atoms with Crippen LogP contribution in [0.3, 0.4) is 0 Å². The maximum atomic E-state index is 13.0. The molecular formula is C10H8ClFN2S. The Labute approximate surface area is 95.7 Å². The van der Waals surface area contributed by atoms with Gasteiger partial charge >= 0.3 is 0 Å². The Balaban J connectivity index is 2.55. The molecule has 0 radical (unpaired) electrons. The molecule has 15 heavy (non-hydrogen) atoms. The molecule has 2 N–H and O–H groups in total. The van der Waals surface area contributed by atoms with Crippen molar-refractivity contribution in [3.8, 4) is 11.3 Å². The van der Waals surface area contributed by atoms with Crippen LogP contribution in [-0.4, -0.2) is 4.37 Å². The van der Waals surface area contributed by atoms with Crippen LogP contribution >= 0.6 is 23.1 Å². The number of aromatic nitrogens is 1. The van der Waals surface area contributed by atoms with Crippen LogP contribution in [0.15, 0.2) is 18.2 Å². The van der Waals surface area contributed by atoms with E-state index in [4.69, 9.17) is 17.3 Å². The predicted octanol–water partition coefficient (Wildman–Crippen LogP) is 3.49. The van der Waals surface area contributed by atoms with E-state index in [1.165, 1.54) is 6.07 Å². The van der Waals surface area contributed by atoms with Crippen molar-refractivity contribution in [2.45, 2.75) is 6.92 Å². The van der Waals surface area contributed by atoms with Crippen molar-refractivity contribution in [1.82, 2.24) is 4.37 Å². The molecule has 1 aromatic carbocycles. The van der Waals surface area contributed by atoms with E-state index in [2.05, 4.69) is 4.37 Å². The van der Waals surface area contributed by atoms with E-state index >= 15 is 0 Å². The predicted molar refractivity (Wildman–Crippen MR) is 61.7 cm³/mol. The highest BCUT2D eigenvalue weighted by atomic mass is 35.5. The van der Waals surface area contributed by atoms with E-state index in [9.17, 15) is 4.39 Å². The first-order valence-corrected chi connectivity index (χ1v) is 5.42. The molecule has 0 spiro atoms. The smallest absolute Gasteiger partial charge is 0.126 e. The van der Waals surface area contributed by atoms with Gasteiger partial charge in [0.05, 0.1) is 0 Å². The van der Waals surface area contributed by atoms with E-state index < -0.39 is 0 Å². The summed E-state index contributed by atoms with van der Waals surface area (Å²) in [6, 6.07) is 4.74. The second-order valence-electron chi connectivity index (χ2n) is 3.17. The maximum absolute atomic E-state index is 13.0. The van der Waals surface area contributed by atoms with Gasteiger partial charge in [-0.15, -0.1) is 0 Å². The lowest BCUT2D eigenvalue weighted by atomic mass is 10.1. The summed E-state index contributed by atoms with van der Waals surface area (Å²) in [6.45, 7) is 1.70.